The summed E-state index contributed by atoms with van der Waals surface area (Å²) in [6.45, 7) is 5.75. The highest BCUT2D eigenvalue weighted by atomic mass is 35.5. The third kappa shape index (κ3) is 4.01. The summed E-state index contributed by atoms with van der Waals surface area (Å²) >= 11 is 0. The SMILES string of the molecule is CCOc1ccccc1N1CCN(C(=O)c2ccccc2)CC1.Cl. The van der Waals surface area contributed by atoms with Crippen LogP contribution in [0.1, 0.15) is 17.3 Å². The third-order valence-corrected chi connectivity index (χ3v) is 4.09. The topological polar surface area (TPSA) is 32.8 Å². The maximum Gasteiger partial charge on any atom is 0.253 e. The number of para-hydroxylation sites is 2. The quantitative estimate of drug-likeness (QED) is 0.849. The Kier molecular flexibility index (Phi) is 6.50. The van der Waals surface area contributed by atoms with Crippen LogP contribution in [0.4, 0.5) is 5.69 Å². The number of hydrogen-bond donors (Lipinski definition) is 0. The molecule has 1 heterocycles. The Balaban J connectivity index is 0.00000208. The van der Waals surface area contributed by atoms with Gasteiger partial charge in [0.2, 0.25) is 0 Å². The molecular formula is C19H23ClN2O2. The molecule has 0 aromatic heterocycles. The Labute approximate surface area is 149 Å². The summed E-state index contributed by atoms with van der Waals surface area (Å²) in [4.78, 5) is 16.7. The van der Waals surface area contributed by atoms with E-state index >= 15 is 0 Å². The molecule has 5 heteroatoms. The van der Waals surface area contributed by atoms with Crippen molar-refractivity contribution in [3.05, 3.63) is 60.2 Å². The van der Waals surface area contributed by atoms with E-state index in [-0.39, 0.29) is 18.3 Å². The van der Waals surface area contributed by atoms with Gasteiger partial charge in [-0.1, -0.05) is 30.3 Å². The number of rotatable bonds is 4. The molecular weight excluding hydrogens is 324 g/mol. The molecule has 1 fully saturated rings. The van der Waals surface area contributed by atoms with Gasteiger partial charge in [0.15, 0.2) is 0 Å². The number of hydrogen-bond acceptors (Lipinski definition) is 3. The molecule has 128 valence electrons. The molecule has 24 heavy (non-hydrogen) atoms. The van der Waals surface area contributed by atoms with Crippen LogP contribution in [0.3, 0.4) is 0 Å². The van der Waals surface area contributed by atoms with Crippen molar-refractivity contribution in [1.29, 1.82) is 0 Å². The third-order valence-electron chi connectivity index (χ3n) is 4.09. The molecule has 2 aromatic carbocycles. The van der Waals surface area contributed by atoms with Crippen LogP contribution in [-0.4, -0.2) is 43.6 Å². The highest BCUT2D eigenvalue weighted by Gasteiger charge is 2.23. The molecule has 3 rings (SSSR count). The lowest BCUT2D eigenvalue weighted by Gasteiger charge is -2.36. The fourth-order valence-corrected chi connectivity index (χ4v) is 2.91. The van der Waals surface area contributed by atoms with Gasteiger partial charge in [-0.3, -0.25) is 4.79 Å². The summed E-state index contributed by atoms with van der Waals surface area (Å²) in [5.41, 5.74) is 1.87. The molecule has 0 bridgehead atoms. The van der Waals surface area contributed by atoms with E-state index in [1.165, 1.54) is 0 Å². The molecule has 0 saturated carbocycles. The average Bonchev–Trinajstić information content (AvgIpc) is 2.63. The predicted octanol–water partition coefficient (Wildman–Crippen LogP) is 3.47. The van der Waals surface area contributed by atoms with Crippen molar-refractivity contribution in [3.63, 3.8) is 0 Å². The molecule has 4 nitrogen and oxygen atoms in total. The second-order valence-corrected chi connectivity index (χ2v) is 5.55. The van der Waals surface area contributed by atoms with E-state index in [0.29, 0.717) is 6.61 Å². The lowest BCUT2D eigenvalue weighted by molar-refractivity contribution is 0.0746. The monoisotopic (exact) mass is 346 g/mol. The maximum atomic E-state index is 12.5. The molecule has 0 N–H and O–H groups in total. The van der Waals surface area contributed by atoms with E-state index in [0.717, 1.165) is 43.2 Å². The predicted molar refractivity (Wildman–Crippen MR) is 99.4 cm³/mol. The average molecular weight is 347 g/mol. The molecule has 1 aliphatic heterocycles. The molecule has 0 unspecified atom stereocenters. The first kappa shape index (κ1) is 18.1. The minimum Gasteiger partial charge on any atom is -0.492 e. The summed E-state index contributed by atoms with van der Waals surface area (Å²) < 4.78 is 5.71. The number of ether oxygens (including phenoxy) is 1. The fraction of sp³-hybridized carbons (Fsp3) is 0.316. The van der Waals surface area contributed by atoms with E-state index in [4.69, 9.17) is 4.74 Å². The number of benzene rings is 2. The number of anilines is 1. The van der Waals surface area contributed by atoms with E-state index in [1.807, 2.05) is 60.4 Å². The van der Waals surface area contributed by atoms with Crippen LogP contribution in [0.5, 0.6) is 5.75 Å². The zero-order valence-electron chi connectivity index (χ0n) is 13.9. The molecule has 1 saturated heterocycles. The van der Waals surface area contributed by atoms with E-state index in [1.54, 1.807) is 0 Å². The molecule has 0 radical (unpaired) electrons. The number of halogens is 1. The van der Waals surface area contributed by atoms with Crippen LogP contribution in [0, 0.1) is 0 Å². The van der Waals surface area contributed by atoms with Crippen molar-refractivity contribution in [3.8, 4) is 5.75 Å². The Morgan fingerprint density at radius 2 is 1.58 bits per heavy atom. The largest absolute Gasteiger partial charge is 0.492 e. The minimum absolute atomic E-state index is 0. The molecule has 1 amide bonds. The lowest BCUT2D eigenvalue weighted by atomic mass is 10.1. The highest BCUT2D eigenvalue weighted by molar-refractivity contribution is 5.94. The van der Waals surface area contributed by atoms with Crippen LogP contribution >= 0.6 is 12.4 Å². The zero-order chi connectivity index (χ0) is 16.1. The van der Waals surface area contributed by atoms with Gasteiger partial charge in [0.1, 0.15) is 5.75 Å². The van der Waals surface area contributed by atoms with Crippen LogP contribution in [0.2, 0.25) is 0 Å². The van der Waals surface area contributed by atoms with Gasteiger partial charge in [-0.05, 0) is 31.2 Å². The van der Waals surface area contributed by atoms with Gasteiger partial charge in [0.25, 0.3) is 5.91 Å². The summed E-state index contributed by atoms with van der Waals surface area (Å²) in [5.74, 6) is 1.03. The normalized spacial score (nSPS) is 14.0. The van der Waals surface area contributed by atoms with Crippen LogP contribution in [0.25, 0.3) is 0 Å². The highest BCUT2D eigenvalue weighted by Crippen LogP contribution is 2.28. The van der Waals surface area contributed by atoms with Crippen molar-refractivity contribution in [2.75, 3.05) is 37.7 Å². The summed E-state index contributed by atoms with van der Waals surface area (Å²) in [7, 11) is 0. The van der Waals surface area contributed by atoms with Gasteiger partial charge in [0, 0.05) is 31.7 Å². The van der Waals surface area contributed by atoms with Crippen molar-refractivity contribution in [2.24, 2.45) is 0 Å². The first-order valence-corrected chi connectivity index (χ1v) is 8.10. The molecule has 0 atom stereocenters. The number of nitrogens with zero attached hydrogens (tertiary/aromatic N) is 2. The van der Waals surface area contributed by atoms with Crippen molar-refractivity contribution in [1.82, 2.24) is 4.90 Å². The fourth-order valence-electron chi connectivity index (χ4n) is 2.91. The second kappa shape index (κ2) is 8.60. The molecule has 0 aliphatic carbocycles. The van der Waals surface area contributed by atoms with E-state index in [2.05, 4.69) is 11.0 Å². The second-order valence-electron chi connectivity index (χ2n) is 5.55. The van der Waals surface area contributed by atoms with Crippen molar-refractivity contribution >= 4 is 24.0 Å². The van der Waals surface area contributed by atoms with Gasteiger partial charge in [-0.25, -0.2) is 0 Å². The first-order chi connectivity index (χ1) is 11.3. The number of carbonyl (C=O) groups excluding carboxylic acids is 1. The van der Waals surface area contributed by atoms with Crippen LogP contribution < -0.4 is 9.64 Å². The zero-order valence-corrected chi connectivity index (χ0v) is 14.7. The van der Waals surface area contributed by atoms with E-state index in [9.17, 15) is 4.79 Å². The number of piperazine rings is 1. The van der Waals surface area contributed by atoms with Gasteiger partial charge < -0.3 is 14.5 Å². The Bertz CT molecular complexity index is 655. The summed E-state index contributed by atoms with van der Waals surface area (Å²) in [6, 6.07) is 17.6. The number of carbonyl (C=O) groups is 1. The number of amides is 1. The Morgan fingerprint density at radius 3 is 2.25 bits per heavy atom. The molecule has 1 aliphatic rings. The van der Waals surface area contributed by atoms with Crippen LogP contribution in [-0.2, 0) is 0 Å². The summed E-state index contributed by atoms with van der Waals surface area (Å²) in [6.07, 6.45) is 0. The van der Waals surface area contributed by atoms with Gasteiger partial charge in [-0.15, -0.1) is 12.4 Å². The van der Waals surface area contributed by atoms with Crippen molar-refractivity contribution in [2.45, 2.75) is 6.92 Å². The summed E-state index contributed by atoms with van der Waals surface area (Å²) in [5, 5.41) is 0. The first-order valence-electron chi connectivity index (χ1n) is 8.10. The Hall–Kier alpha value is -2.20. The molecule has 0 spiro atoms. The van der Waals surface area contributed by atoms with Crippen LogP contribution in [0.15, 0.2) is 54.6 Å². The molecule has 2 aromatic rings. The van der Waals surface area contributed by atoms with Crippen molar-refractivity contribution < 1.29 is 9.53 Å². The Morgan fingerprint density at radius 1 is 0.958 bits per heavy atom. The van der Waals surface area contributed by atoms with Gasteiger partial charge in [0.05, 0.1) is 12.3 Å². The lowest BCUT2D eigenvalue weighted by Crippen LogP contribution is -2.48. The maximum absolute atomic E-state index is 12.5. The standard InChI is InChI=1S/C19H22N2O2.ClH/c1-2-23-18-11-7-6-10-17(18)20-12-14-21(15-13-20)19(22)16-8-4-3-5-9-16;/h3-11H,2,12-15H2,1H3;1H. The smallest absolute Gasteiger partial charge is 0.253 e. The minimum atomic E-state index is 0. The van der Waals surface area contributed by atoms with Gasteiger partial charge in [-0.2, -0.15) is 0 Å². The van der Waals surface area contributed by atoms with Gasteiger partial charge >= 0.3 is 0 Å². The van der Waals surface area contributed by atoms with E-state index < -0.39 is 0 Å².